The standard InChI is InChI=1S/C13H22N4O8S/c14-6(4-18)11(23)16-7(1-2-9(19)20)13(25)17-8(5-26)12(24)15-3-10(21)22/h6-8,18,26H,1-5,14H2,(H,15,24)(H,16,23)(H,17,25)(H,19,20)(H,21,22)/t6-,7+,8+/m1/s1. The SMILES string of the molecule is N[C@H](CO)C(=O)N[C@@H](CCC(=O)O)C(=O)N[C@@H](CS)C(=O)NCC(=O)O. The second-order valence-electron chi connectivity index (χ2n) is 5.14. The van der Waals surface area contributed by atoms with Crippen LogP contribution in [0.5, 0.6) is 0 Å². The Labute approximate surface area is 153 Å². The van der Waals surface area contributed by atoms with Crippen LogP contribution in [-0.4, -0.2) is 82.0 Å². The predicted octanol–water partition coefficient (Wildman–Crippen LogP) is -3.73. The summed E-state index contributed by atoms with van der Waals surface area (Å²) in [4.78, 5) is 56.9. The van der Waals surface area contributed by atoms with Gasteiger partial charge in [0.05, 0.1) is 6.61 Å². The van der Waals surface area contributed by atoms with Gasteiger partial charge in [0.1, 0.15) is 24.7 Å². The van der Waals surface area contributed by atoms with E-state index >= 15 is 0 Å². The Morgan fingerprint density at radius 3 is 1.96 bits per heavy atom. The first-order chi connectivity index (χ1) is 12.1. The molecule has 0 rings (SSSR count). The molecule has 26 heavy (non-hydrogen) atoms. The van der Waals surface area contributed by atoms with Crippen molar-refractivity contribution in [3.05, 3.63) is 0 Å². The summed E-state index contributed by atoms with van der Waals surface area (Å²) in [5.41, 5.74) is 5.32. The number of aliphatic hydroxyl groups is 1. The van der Waals surface area contributed by atoms with Gasteiger partial charge in [0.25, 0.3) is 0 Å². The number of nitrogens with one attached hydrogen (secondary N) is 3. The summed E-state index contributed by atoms with van der Waals surface area (Å²) in [6.07, 6.45) is -0.745. The molecule has 0 radical (unpaired) electrons. The molecule has 12 nitrogen and oxygen atoms in total. The maximum absolute atomic E-state index is 12.3. The van der Waals surface area contributed by atoms with Crippen molar-refractivity contribution in [2.75, 3.05) is 18.9 Å². The molecule has 0 fully saturated rings. The molecule has 0 aromatic heterocycles. The highest BCUT2D eigenvalue weighted by Crippen LogP contribution is 2.01. The summed E-state index contributed by atoms with van der Waals surface area (Å²) < 4.78 is 0. The minimum atomic E-state index is -1.33. The largest absolute Gasteiger partial charge is 0.481 e. The van der Waals surface area contributed by atoms with E-state index in [0.29, 0.717) is 0 Å². The van der Waals surface area contributed by atoms with Gasteiger partial charge in [0.2, 0.25) is 17.7 Å². The van der Waals surface area contributed by atoms with Crippen molar-refractivity contribution >= 4 is 42.3 Å². The summed E-state index contributed by atoms with van der Waals surface area (Å²) >= 11 is 3.89. The van der Waals surface area contributed by atoms with Crippen LogP contribution in [0.25, 0.3) is 0 Å². The molecule has 0 heterocycles. The van der Waals surface area contributed by atoms with Gasteiger partial charge in [0.15, 0.2) is 0 Å². The molecule has 0 aromatic rings. The van der Waals surface area contributed by atoms with Gasteiger partial charge < -0.3 is 37.0 Å². The van der Waals surface area contributed by atoms with E-state index in [2.05, 4.69) is 28.6 Å². The van der Waals surface area contributed by atoms with Gasteiger partial charge in [-0.3, -0.25) is 24.0 Å². The molecule has 148 valence electrons. The summed E-state index contributed by atoms with van der Waals surface area (Å²) in [6, 6.07) is -3.85. The molecule has 0 saturated heterocycles. The minimum absolute atomic E-state index is 0.174. The summed E-state index contributed by atoms with van der Waals surface area (Å²) in [5.74, 6) is -5.25. The summed E-state index contributed by atoms with van der Waals surface area (Å²) in [5, 5.41) is 32.6. The first-order valence-corrected chi connectivity index (χ1v) is 8.04. The normalized spacial score (nSPS) is 13.8. The molecule has 0 aliphatic heterocycles. The molecule has 8 N–H and O–H groups in total. The topological polar surface area (TPSA) is 208 Å². The average molecular weight is 394 g/mol. The third kappa shape index (κ3) is 9.19. The van der Waals surface area contributed by atoms with Crippen molar-refractivity contribution in [2.24, 2.45) is 5.73 Å². The van der Waals surface area contributed by atoms with Crippen LogP contribution in [0.15, 0.2) is 0 Å². The van der Waals surface area contributed by atoms with E-state index in [9.17, 15) is 24.0 Å². The second-order valence-corrected chi connectivity index (χ2v) is 5.50. The van der Waals surface area contributed by atoms with Crippen LogP contribution in [0, 0.1) is 0 Å². The Morgan fingerprint density at radius 1 is 0.923 bits per heavy atom. The highest BCUT2D eigenvalue weighted by atomic mass is 32.1. The van der Waals surface area contributed by atoms with Crippen LogP contribution in [-0.2, 0) is 24.0 Å². The number of thiol groups is 1. The Kier molecular flexibility index (Phi) is 10.9. The van der Waals surface area contributed by atoms with Gasteiger partial charge in [-0.15, -0.1) is 0 Å². The van der Waals surface area contributed by atoms with Crippen molar-refractivity contribution < 1.29 is 39.3 Å². The monoisotopic (exact) mass is 394 g/mol. The third-order valence-electron chi connectivity index (χ3n) is 3.04. The predicted molar refractivity (Wildman–Crippen MR) is 90.3 cm³/mol. The maximum Gasteiger partial charge on any atom is 0.322 e. The molecule has 0 aromatic carbocycles. The summed E-state index contributed by atoms with van der Waals surface area (Å²) in [7, 11) is 0. The van der Waals surface area contributed by atoms with Gasteiger partial charge >= 0.3 is 11.9 Å². The number of aliphatic hydroxyl groups excluding tert-OH is 1. The molecule has 0 aliphatic rings. The van der Waals surface area contributed by atoms with Gasteiger partial charge in [0, 0.05) is 12.2 Å². The van der Waals surface area contributed by atoms with Gasteiger partial charge in [-0.2, -0.15) is 12.6 Å². The van der Waals surface area contributed by atoms with Crippen LogP contribution >= 0.6 is 12.6 Å². The molecule has 0 spiro atoms. The molecule has 13 heteroatoms. The van der Waals surface area contributed by atoms with Crippen LogP contribution in [0.1, 0.15) is 12.8 Å². The average Bonchev–Trinajstić information content (AvgIpc) is 2.59. The maximum atomic E-state index is 12.3. The van der Waals surface area contributed by atoms with E-state index in [1.165, 1.54) is 0 Å². The Hall–Kier alpha value is -2.38. The van der Waals surface area contributed by atoms with E-state index < -0.39 is 67.4 Å². The van der Waals surface area contributed by atoms with E-state index in [1.807, 2.05) is 0 Å². The zero-order valence-electron chi connectivity index (χ0n) is 13.7. The van der Waals surface area contributed by atoms with Gasteiger partial charge in [-0.05, 0) is 6.42 Å². The van der Waals surface area contributed by atoms with Crippen molar-refractivity contribution in [1.29, 1.82) is 0 Å². The van der Waals surface area contributed by atoms with E-state index in [4.69, 9.17) is 21.1 Å². The number of carboxylic acid groups (broad SMARTS) is 2. The molecule has 0 bridgehead atoms. The highest BCUT2D eigenvalue weighted by molar-refractivity contribution is 7.80. The van der Waals surface area contributed by atoms with Crippen molar-refractivity contribution in [1.82, 2.24) is 16.0 Å². The fraction of sp³-hybridized carbons (Fsp3) is 0.615. The first-order valence-electron chi connectivity index (χ1n) is 7.41. The molecule has 0 saturated carbocycles. The van der Waals surface area contributed by atoms with Gasteiger partial charge in [-0.25, -0.2) is 0 Å². The quantitative estimate of drug-likeness (QED) is 0.153. The van der Waals surface area contributed by atoms with E-state index in [1.54, 1.807) is 0 Å². The Bertz CT molecular complexity index is 544. The second kappa shape index (κ2) is 12.1. The van der Waals surface area contributed by atoms with Crippen molar-refractivity contribution in [2.45, 2.75) is 31.0 Å². The lowest BCUT2D eigenvalue weighted by Gasteiger charge is -2.22. The number of carbonyl (C=O) groups excluding carboxylic acids is 3. The molecule has 0 unspecified atom stereocenters. The van der Waals surface area contributed by atoms with Gasteiger partial charge in [-0.1, -0.05) is 0 Å². The van der Waals surface area contributed by atoms with Crippen molar-refractivity contribution in [3.8, 4) is 0 Å². The third-order valence-corrected chi connectivity index (χ3v) is 3.41. The van der Waals surface area contributed by atoms with Crippen LogP contribution < -0.4 is 21.7 Å². The van der Waals surface area contributed by atoms with E-state index in [-0.39, 0.29) is 12.2 Å². The summed E-state index contributed by atoms with van der Waals surface area (Å²) in [6.45, 7) is -1.35. The molecule has 0 aliphatic carbocycles. The van der Waals surface area contributed by atoms with Crippen LogP contribution in [0.3, 0.4) is 0 Å². The minimum Gasteiger partial charge on any atom is -0.481 e. The molecule has 3 atom stereocenters. The number of carbonyl (C=O) groups is 5. The smallest absolute Gasteiger partial charge is 0.322 e. The lowest BCUT2D eigenvalue weighted by Crippen LogP contribution is -2.57. The Morgan fingerprint density at radius 2 is 1.50 bits per heavy atom. The number of amides is 3. The molecular weight excluding hydrogens is 372 g/mol. The zero-order chi connectivity index (χ0) is 20.3. The number of hydrogen-bond acceptors (Lipinski definition) is 8. The van der Waals surface area contributed by atoms with Crippen LogP contribution in [0.4, 0.5) is 0 Å². The fourth-order valence-electron chi connectivity index (χ4n) is 1.65. The van der Waals surface area contributed by atoms with E-state index in [0.717, 1.165) is 0 Å². The molecular formula is C13H22N4O8S. The number of rotatable bonds is 12. The first kappa shape index (κ1) is 23.6. The van der Waals surface area contributed by atoms with Crippen molar-refractivity contribution in [3.63, 3.8) is 0 Å². The highest BCUT2D eigenvalue weighted by Gasteiger charge is 2.28. The fourth-order valence-corrected chi connectivity index (χ4v) is 1.91. The molecule has 3 amide bonds. The lowest BCUT2D eigenvalue weighted by molar-refractivity contribution is -0.138. The Balaban J connectivity index is 5.00. The van der Waals surface area contributed by atoms with Crippen LogP contribution in [0.2, 0.25) is 0 Å². The number of aliphatic carboxylic acids is 2. The zero-order valence-corrected chi connectivity index (χ0v) is 14.6. The number of nitrogens with two attached hydrogens (primary N) is 1. The number of hydrogen-bond donors (Lipinski definition) is 8. The lowest BCUT2D eigenvalue weighted by atomic mass is 10.1. The number of carboxylic acids is 2.